The zero-order valence-electron chi connectivity index (χ0n) is 12.4. The number of piperidine rings is 1. The van der Waals surface area contributed by atoms with E-state index in [0.717, 1.165) is 11.1 Å². The van der Waals surface area contributed by atoms with E-state index in [1.165, 1.54) is 0 Å². The fourth-order valence-electron chi connectivity index (χ4n) is 2.97. The standard InChI is InChI=1S/C16H21NO4/c1-11-5-3-4-6-12(11)15-13(16(19)20)7-8-14(18)17(15)9-10-21-2/h3-6,13,15H,7-10H2,1-2H3,(H,19,20)/t13-,15+/m1/s1. The first-order chi connectivity index (χ1) is 10.1. The Kier molecular flexibility index (Phi) is 4.96. The Balaban J connectivity index is 2.41. The van der Waals surface area contributed by atoms with Crippen LogP contribution in [-0.4, -0.2) is 42.1 Å². The third-order valence-electron chi connectivity index (χ3n) is 4.07. The van der Waals surface area contributed by atoms with Crippen LogP contribution in [0, 0.1) is 12.8 Å². The van der Waals surface area contributed by atoms with Gasteiger partial charge >= 0.3 is 5.97 Å². The summed E-state index contributed by atoms with van der Waals surface area (Å²) in [5, 5.41) is 9.52. The molecule has 5 heteroatoms. The Labute approximate surface area is 124 Å². The average Bonchev–Trinajstić information content (AvgIpc) is 2.46. The largest absolute Gasteiger partial charge is 0.481 e. The summed E-state index contributed by atoms with van der Waals surface area (Å²) in [4.78, 5) is 25.5. The van der Waals surface area contributed by atoms with E-state index in [4.69, 9.17) is 4.74 Å². The fraction of sp³-hybridized carbons (Fsp3) is 0.500. The number of benzene rings is 1. The summed E-state index contributed by atoms with van der Waals surface area (Å²) in [5.74, 6) is -1.42. The first-order valence-electron chi connectivity index (χ1n) is 7.13. The highest BCUT2D eigenvalue weighted by molar-refractivity contribution is 5.82. The van der Waals surface area contributed by atoms with Gasteiger partial charge in [0.1, 0.15) is 0 Å². The fourth-order valence-corrected chi connectivity index (χ4v) is 2.97. The van der Waals surface area contributed by atoms with Gasteiger partial charge in [-0.1, -0.05) is 24.3 Å². The van der Waals surface area contributed by atoms with Crippen LogP contribution < -0.4 is 0 Å². The number of carbonyl (C=O) groups excluding carboxylic acids is 1. The lowest BCUT2D eigenvalue weighted by Crippen LogP contribution is -2.46. The average molecular weight is 291 g/mol. The number of hydrogen-bond donors (Lipinski definition) is 1. The molecule has 1 fully saturated rings. The summed E-state index contributed by atoms with van der Waals surface area (Å²) in [6, 6.07) is 7.24. The molecule has 0 aliphatic carbocycles. The molecular weight excluding hydrogens is 270 g/mol. The normalized spacial score (nSPS) is 22.4. The molecule has 1 aromatic carbocycles. The van der Waals surface area contributed by atoms with Gasteiger partial charge in [-0.2, -0.15) is 0 Å². The molecule has 1 aromatic rings. The number of carboxylic acid groups (broad SMARTS) is 1. The molecule has 114 valence electrons. The van der Waals surface area contributed by atoms with Crippen LogP contribution in [-0.2, 0) is 14.3 Å². The van der Waals surface area contributed by atoms with Crippen molar-refractivity contribution < 1.29 is 19.4 Å². The molecule has 1 aliphatic rings. The predicted octanol–water partition coefficient (Wildman–Crippen LogP) is 2.01. The van der Waals surface area contributed by atoms with Gasteiger partial charge in [-0.15, -0.1) is 0 Å². The summed E-state index contributed by atoms with van der Waals surface area (Å²) in [6.07, 6.45) is 0.666. The number of amides is 1. The predicted molar refractivity (Wildman–Crippen MR) is 77.9 cm³/mol. The summed E-state index contributed by atoms with van der Waals surface area (Å²) in [7, 11) is 1.58. The molecule has 1 N–H and O–H groups in total. The smallest absolute Gasteiger partial charge is 0.308 e. The molecule has 1 saturated heterocycles. The highest BCUT2D eigenvalue weighted by atomic mass is 16.5. The van der Waals surface area contributed by atoms with Crippen molar-refractivity contribution in [1.29, 1.82) is 0 Å². The van der Waals surface area contributed by atoms with E-state index < -0.39 is 17.9 Å². The number of hydrogen-bond acceptors (Lipinski definition) is 3. The summed E-state index contributed by atoms with van der Waals surface area (Å²) in [5.41, 5.74) is 1.92. The van der Waals surface area contributed by atoms with Crippen LogP contribution in [0.15, 0.2) is 24.3 Å². The van der Waals surface area contributed by atoms with Gasteiger partial charge in [0, 0.05) is 20.1 Å². The van der Waals surface area contributed by atoms with Crippen molar-refractivity contribution in [1.82, 2.24) is 4.90 Å². The van der Waals surface area contributed by atoms with Crippen LogP contribution in [0.4, 0.5) is 0 Å². The van der Waals surface area contributed by atoms with Gasteiger partial charge in [0.15, 0.2) is 0 Å². The maximum Gasteiger partial charge on any atom is 0.308 e. The van der Waals surface area contributed by atoms with Crippen molar-refractivity contribution in [3.63, 3.8) is 0 Å². The second kappa shape index (κ2) is 6.72. The van der Waals surface area contributed by atoms with Crippen LogP contribution >= 0.6 is 0 Å². The van der Waals surface area contributed by atoms with Crippen LogP contribution in [0.2, 0.25) is 0 Å². The van der Waals surface area contributed by atoms with Gasteiger partial charge < -0.3 is 14.7 Å². The maximum absolute atomic E-state index is 12.2. The number of carboxylic acids is 1. The molecule has 0 unspecified atom stereocenters. The van der Waals surface area contributed by atoms with Crippen molar-refractivity contribution in [2.75, 3.05) is 20.3 Å². The Hall–Kier alpha value is -1.88. The highest BCUT2D eigenvalue weighted by Crippen LogP contribution is 2.38. The topological polar surface area (TPSA) is 66.8 Å². The van der Waals surface area contributed by atoms with Crippen LogP contribution in [0.1, 0.15) is 30.0 Å². The number of aryl methyl sites for hydroxylation is 1. The summed E-state index contributed by atoms with van der Waals surface area (Å²) >= 11 is 0. The number of ether oxygens (including phenoxy) is 1. The Morgan fingerprint density at radius 3 is 2.76 bits per heavy atom. The number of aliphatic carboxylic acids is 1. The lowest BCUT2D eigenvalue weighted by Gasteiger charge is -2.40. The molecule has 0 radical (unpaired) electrons. The molecule has 1 aliphatic heterocycles. The van der Waals surface area contributed by atoms with E-state index in [1.807, 2.05) is 31.2 Å². The summed E-state index contributed by atoms with van der Waals surface area (Å²) in [6.45, 7) is 2.76. The molecule has 2 rings (SSSR count). The van der Waals surface area contributed by atoms with Gasteiger partial charge in [-0.05, 0) is 24.5 Å². The van der Waals surface area contributed by atoms with Gasteiger partial charge in [0.2, 0.25) is 5.91 Å². The number of nitrogens with zero attached hydrogens (tertiary/aromatic N) is 1. The molecule has 21 heavy (non-hydrogen) atoms. The Morgan fingerprint density at radius 1 is 1.43 bits per heavy atom. The zero-order chi connectivity index (χ0) is 15.4. The van der Waals surface area contributed by atoms with E-state index in [1.54, 1.807) is 12.0 Å². The van der Waals surface area contributed by atoms with E-state index in [9.17, 15) is 14.7 Å². The van der Waals surface area contributed by atoms with Crippen molar-refractivity contribution in [2.24, 2.45) is 5.92 Å². The Bertz CT molecular complexity index is 529. The second-order valence-corrected chi connectivity index (χ2v) is 5.36. The maximum atomic E-state index is 12.2. The number of carbonyl (C=O) groups is 2. The lowest BCUT2D eigenvalue weighted by atomic mass is 9.82. The second-order valence-electron chi connectivity index (χ2n) is 5.36. The minimum Gasteiger partial charge on any atom is -0.481 e. The molecule has 1 amide bonds. The lowest BCUT2D eigenvalue weighted by molar-refractivity contribution is -0.152. The minimum atomic E-state index is -0.849. The zero-order valence-corrected chi connectivity index (χ0v) is 12.4. The molecule has 0 aromatic heterocycles. The van der Waals surface area contributed by atoms with Gasteiger partial charge in [0.05, 0.1) is 18.6 Å². The third-order valence-corrected chi connectivity index (χ3v) is 4.07. The number of likely N-dealkylation sites (tertiary alicyclic amines) is 1. The molecule has 0 spiro atoms. The first-order valence-corrected chi connectivity index (χ1v) is 7.13. The molecule has 0 bridgehead atoms. The van der Waals surface area contributed by atoms with E-state index in [0.29, 0.717) is 19.6 Å². The third kappa shape index (κ3) is 3.24. The van der Waals surface area contributed by atoms with Crippen molar-refractivity contribution >= 4 is 11.9 Å². The number of rotatable bonds is 5. The number of methoxy groups -OCH3 is 1. The van der Waals surface area contributed by atoms with E-state index in [-0.39, 0.29) is 12.3 Å². The van der Waals surface area contributed by atoms with E-state index in [2.05, 4.69) is 0 Å². The SMILES string of the molecule is COCCN1C(=O)CC[C@@H](C(=O)O)[C@@H]1c1ccccc1C. The Morgan fingerprint density at radius 2 is 2.14 bits per heavy atom. The molecule has 2 atom stereocenters. The van der Waals surface area contributed by atoms with Crippen molar-refractivity contribution in [3.8, 4) is 0 Å². The minimum absolute atomic E-state index is 0.00203. The molecule has 5 nitrogen and oxygen atoms in total. The van der Waals surface area contributed by atoms with Crippen LogP contribution in [0.25, 0.3) is 0 Å². The van der Waals surface area contributed by atoms with Gasteiger partial charge in [0.25, 0.3) is 0 Å². The molecule has 1 heterocycles. The summed E-state index contributed by atoms with van der Waals surface area (Å²) < 4.78 is 5.06. The van der Waals surface area contributed by atoms with E-state index >= 15 is 0 Å². The van der Waals surface area contributed by atoms with Gasteiger partial charge in [-0.3, -0.25) is 9.59 Å². The monoisotopic (exact) mass is 291 g/mol. The van der Waals surface area contributed by atoms with Crippen LogP contribution in [0.3, 0.4) is 0 Å². The highest BCUT2D eigenvalue weighted by Gasteiger charge is 2.40. The van der Waals surface area contributed by atoms with Crippen molar-refractivity contribution in [2.45, 2.75) is 25.8 Å². The van der Waals surface area contributed by atoms with Crippen LogP contribution in [0.5, 0.6) is 0 Å². The first kappa shape index (κ1) is 15.5. The molecule has 0 saturated carbocycles. The van der Waals surface area contributed by atoms with Crippen molar-refractivity contribution in [3.05, 3.63) is 35.4 Å². The molecular formula is C16H21NO4. The van der Waals surface area contributed by atoms with Gasteiger partial charge in [-0.25, -0.2) is 0 Å². The quantitative estimate of drug-likeness (QED) is 0.901.